The van der Waals surface area contributed by atoms with Crippen molar-refractivity contribution in [1.29, 1.82) is 0 Å². The number of nitrogens with zero attached hydrogens (tertiary/aromatic N) is 3. The molecule has 6 nitrogen and oxygen atoms in total. The van der Waals surface area contributed by atoms with E-state index in [9.17, 15) is 9.59 Å². The predicted octanol–water partition coefficient (Wildman–Crippen LogP) is 1.77. The molecule has 2 saturated heterocycles. The minimum Gasteiger partial charge on any atom is -0.341 e. The number of rotatable bonds is 2. The standard InChI is InChI=1S/C18H20N4O2/c1-21-16-11-22(9-7-14(16)10-17(21)23)18(24)13-4-2-12(3-5-13)15-6-8-19-20-15/h2-6,8,14,16H,7,9-11H2,1H3,(H,19,20)/t14-,16-/m1/s1. The maximum absolute atomic E-state index is 12.8. The Kier molecular flexibility index (Phi) is 3.59. The average molecular weight is 324 g/mol. The van der Waals surface area contributed by atoms with E-state index in [1.54, 1.807) is 6.20 Å². The third-order valence-electron chi connectivity index (χ3n) is 5.28. The van der Waals surface area contributed by atoms with Gasteiger partial charge in [0.2, 0.25) is 5.91 Å². The summed E-state index contributed by atoms with van der Waals surface area (Å²) in [5.41, 5.74) is 2.62. The Morgan fingerprint density at radius 1 is 1.25 bits per heavy atom. The molecular formula is C18H20N4O2. The summed E-state index contributed by atoms with van der Waals surface area (Å²) in [5.74, 6) is 0.634. The maximum atomic E-state index is 12.8. The SMILES string of the molecule is CN1C(=O)C[C@H]2CCN(C(=O)c3ccc(-c4ccn[nH]4)cc3)C[C@H]21. The van der Waals surface area contributed by atoms with Gasteiger partial charge in [-0.05, 0) is 36.1 Å². The summed E-state index contributed by atoms with van der Waals surface area (Å²) in [7, 11) is 1.85. The molecule has 6 heteroatoms. The number of hydrogen-bond acceptors (Lipinski definition) is 3. The molecule has 2 fully saturated rings. The van der Waals surface area contributed by atoms with Crippen LogP contribution in [-0.4, -0.2) is 58.0 Å². The molecule has 2 amide bonds. The van der Waals surface area contributed by atoms with Crippen molar-refractivity contribution in [2.24, 2.45) is 5.92 Å². The first-order valence-electron chi connectivity index (χ1n) is 8.28. The smallest absolute Gasteiger partial charge is 0.253 e. The van der Waals surface area contributed by atoms with Gasteiger partial charge in [-0.3, -0.25) is 14.7 Å². The molecule has 0 spiro atoms. The van der Waals surface area contributed by atoms with Crippen LogP contribution in [0.2, 0.25) is 0 Å². The Balaban J connectivity index is 1.49. The third-order valence-corrected chi connectivity index (χ3v) is 5.28. The van der Waals surface area contributed by atoms with Gasteiger partial charge < -0.3 is 9.80 Å². The molecule has 0 bridgehead atoms. The fourth-order valence-electron chi connectivity index (χ4n) is 3.79. The minimum atomic E-state index is 0.0392. The Labute approximate surface area is 140 Å². The second kappa shape index (κ2) is 5.78. The Hall–Kier alpha value is -2.63. The number of aromatic nitrogens is 2. The molecule has 2 aliphatic heterocycles. The van der Waals surface area contributed by atoms with Crippen molar-refractivity contribution in [3.05, 3.63) is 42.1 Å². The molecular weight excluding hydrogens is 304 g/mol. The van der Waals surface area contributed by atoms with Gasteiger partial charge in [0, 0.05) is 38.3 Å². The first-order chi connectivity index (χ1) is 11.6. The van der Waals surface area contributed by atoms with E-state index >= 15 is 0 Å². The Morgan fingerprint density at radius 3 is 2.75 bits per heavy atom. The molecule has 124 valence electrons. The van der Waals surface area contributed by atoms with Crippen LogP contribution >= 0.6 is 0 Å². The number of piperidine rings is 1. The lowest BCUT2D eigenvalue weighted by Gasteiger charge is -2.37. The largest absolute Gasteiger partial charge is 0.341 e. The molecule has 2 atom stereocenters. The monoisotopic (exact) mass is 324 g/mol. The summed E-state index contributed by atoms with van der Waals surface area (Å²) < 4.78 is 0. The fraction of sp³-hybridized carbons (Fsp3) is 0.389. The molecule has 0 saturated carbocycles. The van der Waals surface area contributed by atoms with E-state index in [1.165, 1.54) is 0 Å². The number of carbonyl (C=O) groups is 2. The quantitative estimate of drug-likeness (QED) is 0.915. The van der Waals surface area contributed by atoms with Crippen molar-refractivity contribution in [3.63, 3.8) is 0 Å². The van der Waals surface area contributed by atoms with Gasteiger partial charge in [-0.1, -0.05) is 12.1 Å². The number of amides is 2. The Bertz CT molecular complexity index is 754. The highest BCUT2D eigenvalue weighted by Crippen LogP contribution is 2.32. The van der Waals surface area contributed by atoms with Gasteiger partial charge in [0.15, 0.2) is 0 Å². The van der Waals surface area contributed by atoms with Gasteiger partial charge in [-0.2, -0.15) is 5.10 Å². The summed E-state index contributed by atoms with van der Waals surface area (Å²) >= 11 is 0. The second-order valence-electron chi connectivity index (χ2n) is 6.62. The number of aromatic amines is 1. The van der Waals surface area contributed by atoms with E-state index in [0.29, 0.717) is 24.4 Å². The molecule has 0 aliphatic carbocycles. The Morgan fingerprint density at radius 2 is 2.04 bits per heavy atom. The first kappa shape index (κ1) is 14.9. The zero-order valence-electron chi connectivity index (χ0n) is 13.6. The van der Waals surface area contributed by atoms with E-state index in [-0.39, 0.29) is 17.9 Å². The number of benzene rings is 1. The summed E-state index contributed by atoms with van der Waals surface area (Å²) in [4.78, 5) is 28.3. The molecule has 24 heavy (non-hydrogen) atoms. The fourth-order valence-corrected chi connectivity index (χ4v) is 3.79. The second-order valence-corrected chi connectivity index (χ2v) is 6.62. The molecule has 1 aromatic carbocycles. The summed E-state index contributed by atoms with van der Waals surface area (Å²) in [5, 5.41) is 6.86. The van der Waals surface area contributed by atoms with Crippen LogP contribution in [-0.2, 0) is 4.79 Å². The van der Waals surface area contributed by atoms with Gasteiger partial charge in [0.25, 0.3) is 5.91 Å². The lowest BCUT2D eigenvalue weighted by molar-refractivity contribution is -0.127. The minimum absolute atomic E-state index is 0.0392. The highest BCUT2D eigenvalue weighted by molar-refractivity contribution is 5.95. The van der Waals surface area contributed by atoms with E-state index < -0.39 is 0 Å². The van der Waals surface area contributed by atoms with Crippen molar-refractivity contribution in [2.75, 3.05) is 20.1 Å². The van der Waals surface area contributed by atoms with Crippen molar-refractivity contribution in [3.8, 4) is 11.3 Å². The maximum Gasteiger partial charge on any atom is 0.253 e. The van der Waals surface area contributed by atoms with Crippen molar-refractivity contribution in [2.45, 2.75) is 18.9 Å². The normalized spacial score (nSPS) is 23.5. The molecule has 4 rings (SSSR count). The molecule has 1 aromatic heterocycles. The highest BCUT2D eigenvalue weighted by atomic mass is 16.2. The van der Waals surface area contributed by atoms with Crippen LogP contribution in [0.5, 0.6) is 0 Å². The van der Waals surface area contributed by atoms with E-state index in [4.69, 9.17) is 0 Å². The lowest BCUT2D eigenvalue weighted by Crippen LogP contribution is -2.49. The molecule has 3 heterocycles. The van der Waals surface area contributed by atoms with Gasteiger partial charge >= 0.3 is 0 Å². The third kappa shape index (κ3) is 2.48. The number of likely N-dealkylation sites (tertiary alicyclic amines) is 2. The van der Waals surface area contributed by atoms with E-state index in [1.807, 2.05) is 47.2 Å². The number of likely N-dealkylation sites (N-methyl/N-ethyl adjacent to an activating group) is 1. The van der Waals surface area contributed by atoms with Gasteiger partial charge in [-0.15, -0.1) is 0 Å². The summed E-state index contributed by atoms with van der Waals surface area (Å²) in [6, 6.07) is 9.63. The van der Waals surface area contributed by atoms with Crippen molar-refractivity contribution >= 4 is 11.8 Å². The molecule has 2 aromatic rings. The molecule has 2 aliphatic rings. The predicted molar refractivity (Wildman–Crippen MR) is 89.2 cm³/mol. The highest BCUT2D eigenvalue weighted by Gasteiger charge is 2.42. The van der Waals surface area contributed by atoms with Gasteiger partial charge in [0.1, 0.15) is 0 Å². The van der Waals surface area contributed by atoms with E-state index in [2.05, 4.69) is 10.2 Å². The number of carbonyl (C=O) groups excluding carboxylic acids is 2. The number of nitrogens with one attached hydrogen (secondary N) is 1. The van der Waals surface area contributed by atoms with Gasteiger partial charge in [-0.25, -0.2) is 0 Å². The van der Waals surface area contributed by atoms with Crippen molar-refractivity contribution < 1.29 is 9.59 Å². The number of hydrogen-bond donors (Lipinski definition) is 1. The summed E-state index contributed by atoms with van der Waals surface area (Å²) in [6.07, 6.45) is 3.23. The molecule has 0 unspecified atom stereocenters. The first-order valence-corrected chi connectivity index (χ1v) is 8.28. The van der Waals surface area contributed by atoms with Crippen LogP contribution in [0.15, 0.2) is 36.5 Å². The topological polar surface area (TPSA) is 69.3 Å². The van der Waals surface area contributed by atoms with Crippen LogP contribution < -0.4 is 0 Å². The van der Waals surface area contributed by atoms with Crippen LogP contribution in [0.25, 0.3) is 11.3 Å². The van der Waals surface area contributed by atoms with Crippen LogP contribution in [0.4, 0.5) is 0 Å². The molecule has 0 radical (unpaired) electrons. The van der Waals surface area contributed by atoms with Crippen LogP contribution in [0.1, 0.15) is 23.2 Å². The van der Waals surface area contributed by atoms with Crippen molar-refractivity contribution in [1.82, 2.24) is 20.0 Å². The lowest BCUT2D eigenvalue weighted by atomic mass is 9.92. The number of fused-ring (bicyclic) bond motifs is 1. The number of H-pyrrole nitrogens is 1. The zero-order chi connectivity index (χ0) is 16.7. The zero-order valence-corrected chi connectivity index (χ0v) is 13.6. The van der Waals surface area contributed by atoms with Crippen LogP contribution in [0, 0.1) is 5.92 Å². The van der Waals surface area contributed by atoms with Crippen LogP contribution in [0.3, 0.4) is 0 Å². The molecule has 1 N–H and O–H groups in total. The summed E-state index contributed by atoms with van der Waals surface area (Å²) in [6.45, 7) is 1.36. The average Bonchev–Trinajstić information content (AvgIpc) is 3.24. The van der Waals surface area contributed by atoms with E-state index in [0.717, 1.165) is 24.2 Å². The van der Waals surface area contributed by atoms with Gasteiger partial charge in [0.05, 0.1) is 11.7 Å².